The molecule has 0 unspecified atom stereocenters. The number of nitrogens with one attached hydrogen (secondary N) is 1. The van der Waals surface area contributed by atoms with Crippen LogP contribution in [0.4, 0.5) is 8.78 Å². The van der Waals surface area contributed by atoms with Gasteiger partial charge in [0.05, 0.1) is 5.92 Å². The van der Waals surface area contributed by atoms with E-state index >= 15 is 0 Å². The predicted octanol–water partition coefficient (Wildman–Crippen LogP) is 2.01. The van der Waals surface area contributed by atoms with Gasteiger partial charge in [-0.05, 0) is 30.5 Å². The van der Waals surface area contributed by atoms with Crippen LogP contribution in [-0.2, 0) is 16.1 Å². The van der Waals surface area contributed by atoms with Crippen molar-refractivity contribution in [2.45, 2.75) is 19.4 Å². The first-order valence-corrected chi connectivity index (χ1v) is 5.98. The first-order valence-electron chi connectivity index (χ1n) is 5.98. The molecule has 1 saturated carbocycles. The van der Waals surface area contributed by atoms with Crippen molar-refractivity contribution in [2.75, 3.05) is 13.2 Å². The molecule has 3 nitrogen and oxygen atoms in total. The summed E-state index contributed by atoms with van der Waals surface area (Å²) in [7, 11) is 0. The van der Waals surface area contributed by atoms with Gasteiger partial charge in [-0.3, -0.25) is 4.79 Å². The first-order chi connectivity index (χ1) is 8.66. The second kappa shape index (κ2) is 5.91. The summed E-state index contributed by atoms with van der Waals surface area (Å²) in [5.41, 5.74) is 0.655. The predicted molar refractivity (Wildman–Crippen MR) is 61.7 cm³/mol. The van der Waals surface area contributed by atoms with Crippen LogP contribution >= 0.6 is 0 Å². The Balaban J connectivity index is 1.62. The minimum absolute atomic E-state index is 0.108. The molecule has 1 aromatic carbocycles. The van der Waals surface area contributed by atoms with Crippen molar-refractivity contribution in [1.29, 1.82) is 0 Å². The Labute approximate surface area is 104 Å². The van der Waals surface area contributed by atoms with E-state index in [1.807, 2.05) is 0 Å². The number of rotatable bonds is 6. The summed E-state index contributed by atoms with van der Waals surface area (Å²) in [6, 6.07) is 3.76. The van der Waals surface area contributed by atoms with E-state index < -0.39 is 11.6 Å². The Bertz CT molecular complexity index is 433. The molecule has 2 rings (SSSR count). The van der Waals surface area contributed by atoms with E-state index in [9.17, 15) is 13.6 Å². The average Bonchev–Trinajstić information content (AvgIpc) is 3.17. The summed E-state index contributed by atoms with van der Waals surface area (Å²) in [4.78, 5) is 11.2. The lowest BCUT2D eigenvalue weighted by atomic mass is 10.2. The average molecular weight is 255 g/mol. The highest BCUT2D eigenvalue weighted by molar-refractivity contribution is 5.74. The monoisotopic (exact) mass is 255 g/mol. The van der Waals surface area contributed by atoms with Crippen LogP contribution in [0, 0.1) is 17.6 Å². The van der Waals surface area contributed by atoms with Crippen molar-refractivity contribution in [3.63, 3.8) is 0 Å². The number of esters is 1. The Hall–Kier alpha value is -1.49. The molecule has 1 aromatic rings. The maximum atomic E-state index is 12.9. The number of carbonyl (C=O) groups excluding carboxylic acids is 1. The van der Waals surface area contributed by atoms with E-state index in [1.165, 1.54) is 6.07 Å². The fourth-order valence-corrected chi connectivity index (χ4v) is 1.54. The second-order valence-electron chi connectivity index (χ2n) is 4.37. The van der Waals surface area contributed by atoms with Gasteiger partial charge in [0.15, 0.2) is 11.6 Å². The summed E-state index contributed by atoms with van der Waals surface area (Å²) in [6.07, 6.45) is 1.86. The van der Waals surface area contributed by atoms with E-state index in [2.05, 4.69) is 5.32 Å². The summed E-state index contributed by atoms with van der Waals surface area (Å²) >= 11 is 0. The van der Waals surface area contributed by atoms with E-state index in [0.717, 1.165) is 25.0 Å². The lowest BCUT2D eigenvalue weighted by Crippen LogP contribution is -2.21. The molecule has 1 aliphatic carbocycles. The standard InChI is InChI=1S/C13H15F2NO2/c14-11-4-1-9(7-12(11)15)8-16-5-6-18-13(17)10-2-3-10/h1,4,7,10,16H,2-3,5-6,8H2. The molecule has 1 aliphatic rings. The van der Waals surface area contributed by atoms with Gasteiger partial charge in [-0.2, -0.15) is 0 Å². The number of carbonyl (C=O) groups is 1. The Morgan fingerprint density at radius 3 is 2.78 bits per heavy atom. The SMILES string of the molecule is O=C(OCCNCc1ccc(F)c(F)c1)C1CC1. The molecule has 0 heterocycles. The number of hydrogen-bond acceptors (Lipinski definition) is 3. The van der Waals surface area contributed by atoms with Crippen LogP contribution in [0.2, 0.25) is 0 Å². The van der Waals surface area contributed by atoms with Crippen LogP contribution < -0.4 is 5.32 Å². The number of hydrogen-bond donors (Lipinski definition) is 1. The van der Waals surface area contributed by atoms with E-state index in [1.54, 1.807) is 0 Å². The Kier molecular flexibility index (Phi) is 4.25. The van der Waals surface area contributed by atoms with Gasteiger partial charge in [0, 0.05) is 13.1 Å². The molecule has 1 fully saturated rings. The lowest BCUT2D eigenvalue weighted by Gasteiger charge is -2.06. The molecule has 0 bridgehead atoms. The minimum atomic E-state index is -0.852. The molecule has 18 heavy (non-hydrogen) atoms. The summed E-state index contributed by atoms with van der Waals surface area (Å²) in [6.45, 7) is 1.22. The smallest absolute Gasteiger partial charge is 0.308 e. The van der Waals surface area contributed by atoms with Crippen molar-refractivity contribution >= 4 is 5.97 Å². The van der Waals surface area contributed by atoms with Gasteiger partial charge in [0.25, 0.3) is 0 Å². The highest BCUT2D eigenvalue weighted by Crippen LogP contribution is 2.29. The van der Waals surface area contributed by atoms with E-state index in [4.69, 9.17) is 4.74 Å². The molecule has 0 spiro atoms. The molecule has 0 amide bonds. The van der Waals surface area contributed by atoms with Crippen LogP contribution in [0.1, 0.15) is 18.4 Å². The number of benzene rings is 1. The fraction of sp³-hybridized carbons (Fsp3) is 0.462. The van der Waals surface area contributed by atoms with Crippen molar-refractivity contribution in [2.24, 2.45) is 5.92 Å². The lowest BCUT2D eigenvalue weighted by molar-refractivity contribution is -0.145. The van der Waals surface area contributed by atoms with Crippen LogP contribution in [0.25, 0.3) is 0 Å². The third-order valence-corrected chi connectivity index (χ3v) is 2.75. The van der Waals surface area contributed by atoms with Crippen LogP contribution in [0.5, 0.6) is 0 Å². The van der Waals surface area contributed by atoms with Crippen molar-refractivity contribution < 1.29 is 18.3 Å². The molecule has 5 heteroatoms. The second-order valence-corrected chi connectivity index (χ2v) is 4.37. The molecule has 0 aliphatic heterocycles. The summed E-state index contributed by atoms with van der Waals surface area (Å²) in [5, 5.41) is 3.00. The van der Waals surface area contributed by atoms with Crippen LogP contribution in [-0.4, -0.2) is 19.1 Å². The fourth-order valence-electron chi connectivity index (χ4n) is 1.54. The van der Waals surface area contributed by atoms with Gasteiger partial charge in [0.1, 0.15) is 6.61 Å². The van der Waals surface area contributed by atoms with Gasteiger partial charge >= 0.3 is 5.97 Å². The zero-order valence-electron chi connectivity index (χ0n) is 9.92. The maximum Gasteiger partial charge on any atom is 0.308 e. The molecule has 0 saturated heterocycles. The van der Waals surface area contributed by atoms with Gasteiger partial charge < -0.3 is 10.1 Å². The van der Waals surface area contributed by atoms with Crippen LogP contribution in [0.3, 0.4) is 0 Å². The Morgan fingerprint density at radius 1 is 1.33 bits per heavy atom. The van der Waals surface area contributed by atoms with E-state index in [-0.39, 0.29) is 11.9 Å². The van der Waals surface area contributed by atoms with E-state index in [0.29, 0.717) is 25.3 Å². The zero-order valence-corrected chi connectivity index (χ0v) is 9.92. The van der Waals surface area contributed by atoms with Crippen molar-refractivity contribution in [1.82, 2.24) is 5.32 Å². The molecule has 98 valence electrons. The Morgan fingerprint density at radius 2 is 2.11 bits per heavy atom. The molecule has 0 radical (unpaired) electrons. The summed E-state index contributed by atoms with van der Waals surface area (Å²) in [5.74, 6) is -1.73. The van der Waals surface area contributed by atoms with Crippen molar-refractivity contribution in [3.8, 4) is 0 Å². The summed E-state index contributed by atoms with van der Waals surface area (Å²) < 4.78 is 30.6. The number of halogens is 2. The normalized spacial score (nSPS) is 14.6. The maximum absolute atomic E-state index is 12.9. The van der Waals surface area contributed by atoms with Gasteiger partial charge in [-0.1, -0.05) is 6.07 Å². The minimum Gasteiger partial charge on any atom is -0.464 e. The topological polar surface area (TPSA) is 38.3 Å². The van der Waals surface area contributed by atoms with Crippen molar-refractivity contribution in [3.05, 3.63) is 35.4 Å². The molecule has 1 N–H and O–H groups in total. The van der Waals surface area contributed by atoms with Gasteiger partial charge in [-0.15, -0.1) is 0 Å². The quantitative estimate of drug-likeness (QED) is 0.624. The van der Waals surface area contributed by atoms with Gasteiger partial charge in [-0.25, -0.2) is 8.78 Å². The molecule has 0 aromatic heterocycles. The van der Waals surface area contributed by atoms with Gasteiger partial charge in [0.2, 0.25) is 0 Å². The third kappa shape index (κ3) is 3.77. The zero-order chi connectivity index (χ0) is 13.0. The molecular weight excluding hydrogens is 240 g/mol. The largest absolute Gasteiger partial charge is 0.464 e. The first kappa shape index (κ1) is 13.0. The molecular formula is C13H15F2NO2. The third-order valence-electron chi connectivity index (χ3n) is 2.75. The highest BCUT2D eigenvalue weighted by Gasteiger charge is 2.30. The number of ether oxygens (including phenoxy) is 1. The molecule has 0 atom stereocenters. The van der Waals surface area contributed by atoms with Crippen LogP contribution in [0.15, 0.2) is 18.2 Å². The highest BCUT2D eigenvalue weighted by atomic mass is 19.2.